The summed E-state index contributed by atoms with van der Waals surface area (Å²) in [4.78, 5) is 6.70. The van der Waals surface area contributed by atoms with E-state index in [9.17, 15) is 0 Å². The lowest BCUT2D eigenvalue weighted by Gasteiger charge is -2.31. The Kier molecular flexibility index (Phi) is 25.7. The Morgan fingerprint density at radius 3 is 2.04 bits per heavy atom. The van der Waals surface area contributed by atoms with Crippen LogP contribution in [-0.4, -0.2) is 56.1 Å². The van der Waals surface area contributed by atoms with Crippen LogP contribution in [0.5, 0.6) is 5.75 Å². The highest BCUT2D eigenvalue weighted by Crippen LogP contribution is 2.45. The van der Waals surface area contributed by atoms with Gasteiger partial charge in [-0.05, 0) is 128 Å². The number of piperidine rings is 1. The predicted octanol–water partition coefficient (Wildman–Crippen LogP) is 10.6. The Morgan fingerprint density at radius 1 is 1.04 bits per heavy atom. The van der Waals surface area contributed by atoms with Crippen LogP contribution >= 0.6 is 11.6 Å². The second-order valence-electron chi connectivity index (χ2n) is 13.0. The smallest absolute Gasteiger partial charge is 0.146 e. The summed E-state index contributed by atoms with van der Waals surface area (Å²) in [6.45, 7) is 32.6. The van der Waals surface area contributed by atoms with E-state index < -0.39 is 0 Å². The standard InChI is InChI=1S/C19H29N3O.C13H24ClN.C4H10.C2H6.C2H2/c1-5-20-12-21-17-10-13(2)18(15-6-8-22(4)9-7-15)16-11-14(3)23-19(16)17;1-7-12(13(14)8-2)11(6)15-10(5)9(3)4;1-4(2)3;2*1-2/h5,10,14-15,21H,6-9,11-12H2,1-4H3;7-11,15H,1-6H3;4H,1-3H3;1-2H3;1-2H/b20-5+;12-7+,13-8+;;;/t14-;10-,11?;;;/m10.../s1. The fourth-order valence-electron chi connectivity index (χ4n) is 5.41. The van der Waals surface area contributed by atoms with Crippen LogP contribution in [0.25, 0.3) is 0 Å². The molecule has 2 heterocycles. The number of rotatable bonds is 9. The van der Waals surface area contributed by atoms with Gasteiger partial charge < -0.3 is 20.3 Å². The van der Waals surface area contributed by atoms with Gasteiger partial charge in [-0.2, -0.15) is 0 Å². The molecule has 0 amide bonds. The number of likely N-dealkylation sites (tertiary alicyclic amines) is 1. The number of nitrogens with zero attached hydrogens (tertiary/aromatic N) is 2. The zero-order valence-corrected chi connectivity index (χ0v) is 33.1. The number of anilines is 1. The Morgan fingerprint density at radius 2 is 1.59 bits per heavy atom. The molecule has 46 heavy (non-hydrogen) atoms. The van der Waals surface area contributed by atoms with Gasteiger partial charge in [-0.3, -0.25) is 4.99 Å². The number of aryl methyl sites for hydroxylation is 1. The summed E-state index contributed by atoms with van der Waals surface area (Å²) in [7, 11) is 2.22. The third kappa shape index (κ3) is 16.5. The van der Waals surface area contributed by atoms with Gasteiger partial charge in [0.2, 0.25) is 0 Å². The minimum atomic E-state index is 0.270. The minimum Gasteiger partial charge on any atom is -0.488 e. The minimum absolute atomic E-state index is 0.270. The van der Waals surface area contributed by atoms with Crippen molar-refractivity contribution < 1.29 is 4.74 Å². The molecule has 1 aromatic rings. The molecule has 3 rings (SSSR count). The zero-order chi connectivity index (χ0) is 36.0. The number of ether oxygens (including phenoxy) is 1. The van der Waals surface area contributed by atoms with Crippen molar-refractivity contribution >= 4 is 23.5 Å². The normalized spacial score (nSPS) is 18.0. The lowest BCUT2D eigenvalue weighted by Crippen LogP contribution is -2.38. The van der Waals surface area contributed by atoms with Gasteiger partial charge in [-0.15, -0.1) is 12.8 Å². The first kappa shape index (κ1) is 45.9. The summed E-state index contributed by atoms with van der Waals surface area (Å²) in [5.74, 6) is 3.22. The van der Waals surface area contributed by atoms with E-state index in [1.807, 2.05) is 46.9 Å². The number of benzene rings is 1. The summed E-state index contributed by atoms with van der Waals surface area (Å²) >= 11 is 6.14. The van der Waals surface area contributed by atoms with Gasteiger partial charge in [0.15, 0.2) is 0 Å². The number of hydrogen-bond donors (Lipinski definition) is 2. The van der Waals surface area contributed by atoms with Crippen LogP contribution < -0.4 is 15.4 Å². The molecule has 0 aliphatic carbocycles. The first-order valence-corrected chi connectivity index (χ1v) is 17.9. The molecule has 2 aliphatic rings. The molecule has 0 spiro atoms. The molecule has 2 N–H and O–H groups in total. The highest BCUT2D eigenvalue weighted by Gasteiger charge is 2.31. The molecule has 0 radical (unpaired) electrons. The summed E-state index contributed by atoms with van der Waals surface area (Å²) in [6.07, 6.45) is 17.7. The van der Waals surface area contributed by atoms with Crippen molar-refractivity contribution in [1.29, 1.82) is 0 Å². The van der Waals surface area contributed by atoms with Crippen LogP contribution in [0.15, 0.2) is 33.8 Å². The van der Waals surface area contributed by atoms with E-state index in [1.54, 1.807) is 5.56 Å². The summed E-state index contributed by atoms with van der Waals surface area (Å²) in [6, 6.07) is 3.06. The van der Waals surface area contributed by atoms with Gasteiger partial charge in [-0.1, -0.05) is 72.2 Å². The van der Waals surface area contributed by atoms with E-state index in [0.29, 0.717) is 30.6 Å². The molecule has 264 valence electrons. The number of nitrogens with one attached hydrogen (secondary N) is 2. The number of allylic oxidation sites excluding steroid dienone is 2. The van der Waals surface area contributed by atoms with E-state index in [2.05, 4.69) is 115 Å². The largest absolute Gasteiger partial charge is 0.488 e. The SMILES string of the molecule is C#C.C/C=C(Cl)\C(=C\C)C(C)N[C@@H](C)C(C)C.C/C=N/CNc1cc(C)c(C2CCN(C)CC2)c2c1O[C@H](C)C2.CC.CC(C)C. The van der Waals surface area contributed by atoms with Gasteiger partial charge in [0, 0.05) is 29.1 Å². The van der Waals surface area contributed by atoms with Crippen LogP contribution in [0.1, 0.15) is 125 Å². The van der Waals surface area contributed by atoms with E-state index in [0.717, 1.165) is 28.8 Å². The Labute approximate surface area is 291 Å². The number of hydrogen-bond acceptors (Lipinski definition) is 5. The van der Waals surface area contributed by atoms with Gasteiger partial charge in [0.25, 0.3) is 0 Å². The van der Waals surface area contributed by atoms with Crippen molar-refractivity contribution in [2.24, 2.45) is 16.8 Å². The first-order chi connectivity index (χ1) is 21.8. The second kappa shape index (κ2) is 25.8. The van der Waals surface area contributed by atoms with Gasteiger partial charge >= 0.3 is 0 Å². The highest BCUT2D eigenvalue weighted by molar-refractivity contribution is 6.32. The van der Waals surface area contributed by atoms with Gasteiger partial charge in [0.05, 0.1) is 5.69 Å². The maximum absolute atomic E-state index is 6.15. The molecule has 1 aromatic carbocycles. The Bertz CT molecular complexity index is 1060. The number of terminal acetylenes is 1. The topological polar surface area (TPSA) is 48.9 Å². The number of fused-ring (bicyclic) bond motifs is 1. The van der Waals surface area contributed by atoms with Crippen LogP contribution in [0.3, 0.4) is 0 Å². The maximum atomic E-state index is 6.15. The summed E-state index contributed by atoms with van der Waals surface area (Å²) < 4.78 is 6.15. The average Bonchev–Trinajstić information content (AvgIpc) is 3.41. The maximum Gasteiger partial charge on any atom is 0.146 e. The molecule has 5 nitrogen and oxygen atoms in total. The lowest BCUT2D eigenvalue weighted by molar-refractivity contribution is 0.254. The second-order valence-corrected chi connectivity index (χ2v) is 13.4. The summed E-state index contributed by atoms with van der Waals surface area (Å²) in [5.41, 5.74) is 6.67. The van der Waals surface area contributed by atoms with E-state index in [-0.39, 0.29) is 6.10 Å². The molecular formula is C40H71ClN4O. The molecule has 0 saturated carbocycles. The quantitative estimate of drug-likeness (QED) is 0.157. The van der Waals surface area contributed by atoms with Gasteiger partial charge in [-0.25, -0.2) is 0 Å². The van der Waals surface area contributed by atoms with Crippen LogP contribution in [0.4, 0.5) is 5.69 Å². The van der Waals surface area contributed by atoms with E-state index in [4.69, 9.17) is 16.3 Å². The Balaban J connectivity index is 0. The summed E-state index contributed by atoms with van der Waals surface area (Å²) in [5, 5.41) is 7.81. The molecule has 3 atom stereocenters. The molecule has 1 saturated heterocycles. The number of halogens is 1. The lowest BCUT2D eigenvalue weighted by atomic mass is 9.82. The monoisotopic (exact) mass is 659 g/mol. The van der Waals surface area contributed by atoms with Crippen LogP contribution in [0, 0.1) is 31.6 Å². The predicted molar refractivity (Wildman–Crippen MR) is 209 cm³/mol. The Hall–Kier alpha value is -2.26. The van der Waals surface area contributed by atoms with Crippen LogP contribution in [-0.2, 0) is 6.42 Å². The fourth-order valence-corrected chi connectivity index (χ4v) is 5.68. The van der Waals surface area contributed by atoms with Crippen molar-refractivity contribution in [3.05, 3.63) is 45.5 Å². The molecule has 0 bridgehead atoms. The molecule has 1 unspecified atom stereocenters. The molecular weight excluding hydrogens is 588 g/mol. The third-order valence-corrected chi connectivity index (χ3v) is 8.37. The van der Waals surface area contributed by atoms with Crippen molar-refractivity contribution in [1.82, 2.24) is 10.2 Å². The van der Waals surface area contributed by atoms with Gasteiger partial charge in [0.1, 0.15) is 18.5 Å². The zero-order valence-electron chi connectivity index (χ0n) is 32.4. The molecule has 1 fully saturated rings. The molecule has 6 heteroatoms. The van der Waals surface area contributed by atoms with Crippen LogP contribution in [0.2, 0.25) is 0 Å². The van der Waals surface area contributed by atoms with Crippen molar-refractivity contribution in [2.45, 2.75) is 140 Å². The van der Waals surface area contributed by atoms with E-state index in [1.165, 1.54) is 42.6 Å². The number of aliphatic imine (C=N–C) groups is 1. The first-order valence-electron chi connectivity index (χ1n) is 17.5. The highest BCUT2D eigenvalue weighted by atomic mass is 35.5. The molecule has 0 aromatic heterocycles. The average molecular weight is 659 g/mol. The van der Waals surface area contributed by atoms with Crippen molar-refractivity contribution in [3.8, 4) is 18.6 Å². The van der Waals surface area contributed by atoms with E-state index >= 15 is 0 Å². The molecule has 2 aliphatic heterocycles. The third-order valence-electron chi connectivity index (χ3n) is 7.93. The van der Waals surface area contributed by atoms with Crippen molar-refractivity contribution in [3.63, 3.8) is 0 Å². The fraction of sp³-hybridized carbons (Fsp3) is 0.675. The van der Waals surface area contributed by atoms with Crippen molar-refractivity contribution in [2.75, 3.05) is 32.1 Å².